The minimum Gasteiger partial charge on any atom is -0.358 e. The number of aliphatic imine (C=N–C) groups is 1. The molecule has 0 fully saturated rings. The van der Waals surface area contributed by atoms with E-state index in [2.05, 4.69) is 33.1 Å². The predicted molar refractivity (Wildman–Crippen MR) is 76.1 cm³/mol. The molecule has 0 spiro atoms. The van der Waals surface area contributed by atoms with Gasteiger partial charge in [0.25, 0.3) is 0 Å². The third-order valence-corrected chi connectivity index (χ3v) is 3.47. The molecule has 0 atom stereocenters. The number of hydrogen-bond acceptors (Lipinski definition) is 3. The summed E-state index contributed by atoms with van der Waals surface area (Å²) in [6, 6.07) is 4.18. The van der Waals surface area contributed by atoms with Crippen LogP contribution >= 0.6 is 11.3 Å². The average Bonchev–Trinajstić information content (AvgIpc) is 2.89. The number of rotatable bonds is 5. The zero-order valence-electron chi connectivity index (χ0n) is 11.1. The SMILES string of the molecule is CN=C(NCC(=O)NC)N(C)CCc1cccs1. The summed E-state index contributed by atoms with van der Waals surface area (Å²) >= 11 is 1.76. The Bertz CT molecular complexity index is 389. The van der Waals surface area contributed by atoms with Crippen LogP contribution in [0.2, 0.25) is 0 Å². The molecule has 0 saturated carbocycles. The fourth-order valence-corrected chi connectivity index (χ4v) is 2.17. The Morgan fingerprint density at radius 2 is 2.33 bits per heavy atom. The Kier molecular flexibility index (Phi) is 6.21. The van der Waals surface area contributed by atoms with Gasteiger partial charge >= 0.3 is 0 Å². The van der Waals surface area contributed by atoms with E-state index in [0.717, 1.165) is 18.9 Å². The van der Waals surface area contributed by atoms with Gasteiger partial charge in [0.05, 0.1) is 6.54 Å². The molecule has 0 saturated heterocycles. The highest BCUT2D eigenvalue weighted by Crippen LogP contribution is 2.09. The zero-order chi connectivity index (χ0) is 13.4. The van der Waals surface area contributed by atoms with E-state index < -0.39 is 0 Å². The van der Waals surface area contributed by atoms with Crippen molar-refractivity contribution in [1.29, 1.82) is 0 Å². The molecule has 1 aromatic rings. The molecular weight excluding hydrogens is 248 g/mol. The lowest BCUT2D eigenvalue weighted by molar-refractivity contribution is -0.119. The number of hydrogen-bond donors (Lipinski definition) is 2. The maximum atomic E-state index is 11.2. The molecular formula is C12H20N4OS. The van der Waals surface area contributed by atoms with Crippen molar-refractivity contribution in [2.45, 2.75) is 6.42 Å². The van der Waals surface area contributed by atoms with Crippen molar-refractivity contribution in [1.82, 2.24) is 15.5 Å². The molecule has 6 heteroatoms. The van der Waals surface area contributed by atoms with Gasteiger partial charge in [-0.3, -0.25) is 9.79 Å². The van der Waals surface area contributed by atoms with Crippen LogP contribution < -0.4 is 10.6 Å². The van der Waals surface area contributed by atoms with E-state index >= 15 is 0 Å². The van der Waals surface area contributed by atoms with E-state index in [1.807, 2.05) is 11.9 Å². The maximum Gasteiger partial charge on any atom is 0.239 e. The molecule has 0 bridgehead atoms. The van der Waals surface area contributed by atoms with Gasteiger partial charge in [0.15, 0.2) is 5.96 Å². The molecule has 100 valence electrons. The van der Waals surface area contributed by atoms with Gasteiger partial charge in [-0.2, -0.15) is 0 Å². The largest absolute Gasteiger partial charge is 0.358 e. The molecule has 18 heavy (non-hydrogen) atoms. The quantitative estimate of drug-likeness (QED) is 0.605. The number of carbonyl (C=O) groups excluding carboxylic acids is 1. The molecule has 0 aliphatic carbocycles. The molecule has 1 aromatic heterocycles. The van der Waals surface area contributed by atoms with Gasteiger partial charge in [-0.15, -0.1) is 11.3 Å². The second-order valence-corrected chi connectivity index (χ2v) is 4.86. The van der Waals surface area contributed by atoms with Gasteiger partial charge in [0.2, 0.25) is 5.91 Å². The standard InChI is InChI=1S/C12H20N4OS/c1-13-11(17)9-15-12(14-2)16(3)7-6-10-5-4-8-18-10/h4-5,8H,6-7,9H2,1-3H3,(H,13,17)(H,14,15). The van der Waals surface area contributed by atoms with E-state index in [9.17, 15) is 4.79 Å². The van der Waals surface area contributed by atoms with Crippen molar-refractivity contribution in [3.05, 3.63) is 22.4 Å². The fourth-order valence-electron chi connectivity index (χ4n) is 1.47. The number of nitrogens with zero attached hydrogens (tertiary/aromatic N) is 2. The monoisotopic (exact) mass is 268 g/mol. The second-order valence-electron chi connectivity index (χ2n) is 3.82. The zero-order valence-corrected chi connectivity index (χ0v) is 11.9. The summed E-state index contributed by atoms with van der Waals surface area (Å²) < 4.78 is 0. The Labute approximate surface area is 112 Å². The number of carbonyl (C=O) groups is 1. The van der Waals surface area contributed by atoms with Crippen LogP contribution in [0.25, 0.3) is 0 Å². The summed E-state index contributed by atoms with van der Waals surface area (Å²) in [6.07, 6.45) is 0.981. The number of guanidine groups is 1. The van der Waals surface area contributed by atoms with Gasteiger partial charge in [-0.05, 0) is 17.9 Å². The van der Waals surface area contributed by atoms with Crippen molar-refractivity contribution >= 4 is 23.2 Å². The van der Waals surface area contributed by atoms with Crippen LogP contribution in [0, 0.1) is 0 Å². The van der Waals surface area contributed by atoms with E-state index in [1.54, 1.807) is 25.4 Å². The van der Waals surface area contributed by atoms with Crippen molar-refractivity contribution in [3.8, 4) is 0 Å². The van der Waals surface area contributed by atoms with Crippen LogP contribution in [0.4, 0.5) is 0 Å². The Hall–Kier alpha value is -1.56. The molecule has 0 unspecified atom stereocenters. The molecule has 1 rings (SSSR count). The Morgan fingerprint density at radius 1 is 1.56 bits per heavy atom. The van der Waals surface area contributed by atoms with Crippen LogP contribution in [0.1, 0.15) is 4.88 Å². The number of thiophene rings is 1. The third kappa shape index (κ3) is 4.75. The second kappa shape index (κ2) is 7.71. The molecule has 0 aromatic carbocycles. The molecule has 5 nitrogen and oxygen atoms in total. The summed E-state index contributed by atoms with van der Waals surface area (Å²) in [4.78, 5) is 18.7. The first-order valence-corrected chi connectivity index (χ1v) is 6.70. The molecule has 0 radical (unpaired) electrons. The predicted octanol–water partition coefficient (Wildman–Crippen LogP) is 0.544. The van der Waals surface area contributed by atoms with E-state index in [4.69, 9.17) is 0 Å². The van der Waals surface area contributed by atoms with Crippen LogP contribution in [-0.2, 0) is 11.2 Å². The Morgan fingerprint density at radius 3 is 2.89 bits per heavy atom. The lowest BCUT2D eigenvalue weighted by Gasteiger charge is -2.21. The van der Waals surface area contributed by atoms with E-state index in [0.29, 0.717) is 0 Å². The molecule has 1 heterocycles. The Balaban J connectivity index is 2.37. The van der Waals surface area contributed by atoms with E-state index in [1.165, 1.54) is 4.88 Å². The molecule has 0 aliphatic rings. The van der Waals surface area contributed by atoms with Crippen molar-refractivity contribution in [3.63, 3.8) is 0 Å². The van der Waals surface area contributed by atoms with Gasteiger partial charge in [-0.1, -0.05) is 6.07 Å². The van der Waals surface area contributed by atoms with Crippen molar-refractivity contribution in [2.75, 3.05) is 34.2 Å². The number of nitrogens with one attached hydrogen (secondary N) is 2. The normalized spacial score (nSPS) is 11.2. The first-order valence-electron chi connectivity index (χ1n) is 5.82. The summed E-state index contributed by atoms with van der Waals surface area (Å²) in [5, 5.41) is 7.66. The summed E-state index contributed by atoms with van der Waals surface area (Å²) in [5.74, 6) is 0.679. The van der Waals surface area contributed by atoms with Crippen LogP contribution in [0.15, 0.2) is 22.5 Å². The molecule has 0 aliphatic heterocycles. The van der Waals surface area contributed by atoms with Crippen LogP contribution in [-0.4, -0.2) is 51.0 Å². The summed E-state index contributed by atoms with van der Waals surface area (Å²) in [6.45, 7) is 1.11. The molecule has 2 N–H and O–H groups in total. The highest BCUT2D eigenvalue weighted by atomic mass is 32.1. The van der Waals surface area contributed by atoms with E-state index in [-0.39, 0.29) is 12.5 Å². The van der Waals surface area contributed by atoms with Gasteiger partial charge in [0.1, 0.15) is 0 Å². The maximum absolute atomic E-state index is 11.2. The highest BCUT2D eigenvalue weighted by Gasteiger charge is 2.07. The first kappa shape index (κ1) is 14.5. The third-order valence-electron chi connectivity index (χ3n) is 2.53. The number of likely N-dealkylation sites (N-methyl/N-ethyl adjacent to an activating group) is 2. The minimum atomic E-state index is -0.0530. The van der Waals surface area contributed by atoms with Crippen molar-refractivity contribution < 1.29 is 4.79 Å². The fraction of sp³-hybridized carbons (Fsp3) is 0.500. The van der Waals surface area contributed by atoms with Crippen LogP contribution in [0.3, 0.4) is 0 Å². The van der Waals surface area contributed by atoms with Gasteiger partial charge in [-0.25, -0.2) is 0 Å². The van der Waals surface area contributed by atoms with Gasteiger partial charge in [0, 0.05) is 32.6 Å². The minimum absolute atomic E-state index is 0.0530. The first-order chi connectivity index (χ1) is 8.67. The molecule has 1 amide bonds. The highest BCUT2D eigenvalue weighted by molar-refractivity contribution is 7.09. The van der Waals surface area contributed by atoms with Crippen molar-refractivity contribution in [2.24, 2.45) is 4.99 Å². The van der Waals surface area contributed by atoms with Gasteiger partial charge < -0.3 is 15.5 Å². The summed E-state index contributed by atoms with van der Waals surface area (Å²) in [7, 11) is 5.30. The smallest absolute Gasteiger partial charge is 0.239 e. The topological polar surface area (TPSA) is 56.7 Å². The summed E-state index contributed by atoms with van der Waals surface area (Å²) in [5.41, 5.74) is 0. The van der Waals surface area contributed by atoms with Crippen LogP contribution in [0.5, 0.6) is 0 Å². The lowest BCUT2D eigenvalue weighted by Crippen LogP contribution is -2.43. The number of amides is 1. The lowest BCUT2D eigenvalue weighted by atomic mass is 10.3. The average molecular weight is 268 g/mol.